The van der Waals surface area contributed by atoms with Crippen molar-refractivity contribution in [3.05, 3.63) is 82.9 Å². The molecule has 0 radical (unpaired) electrons. The minimum atomic E-state index is -0.320. The fourth-order valence-corrected chi connectivity index (χ4v) is 3.09. The number of hydrogen-bond acceptors (Lipinski definition) is 4. The van der Waals surface area contributed by atoms with E-state index >= 15 is 0 Å². The third-order valence-electron chi connectivity index (χ3n) is 4.88. The van der Waals surface area contributed by atoms with Gasteiger partial charge in [0, 0.05) is 0 Å². The molecule has 0 aliphatic heterocycles. The Kier molecular flexibility index (Phi) is 7.49. The summed E-state index contributed by atoms with van der Waals surface area (Å²) in [6, 6.07) is 18.7. The zero-order valence-corrected chi connectivity index (χ0v) is 18.8. The highest BCUT2D eigenvalue weighted by molar-refractivity contribution is 6.00. The van der Waals surface area contributed by atoms with Crippen LogP contribution in [-0.2, 0) is 9.59 Å². The van der Waals surface area contributed by atoms with E-state index in [-0.39, 0.29) is 25.0 Å². The van der Waals surface area contributed by atoms with Crippen molar-refractivity contribution in [2.45, 2.75) is 27.7 Å². The van der Waals surface area contributed by atoms with E-state index < -0.39 is 0 Å². The van der Waals surface area contributed by atoms with Crippen LogP contribution in [-0.4, -0.2) is 25.0 Å². The maximum Gasteiger partial charge on any atom is 0.262 e. The number of rotatable bonds is 8. The van der Waals surface area contributed by atoms with Crippen LogP contribution in [0.4, 0.5) is 11.4 Å². The summed E-state index contributed by atoms with van der Waals surface area (Å²) < 4.78 is 11.3. The smallest absolute Gasteiger partial charge is 0.262 e. The van der Waals surface area contributed by atoms with Crippen LogP contribution in [0, 0.1) is 27.7 Å². The third kappa shape index (κ3) is 6.35. The predicted molar refractivity (Wildman–Crippen MR) is 127 cm³/mol. The summed E-state index contributed by atoms with van der Waals surface area (Å²) in [5.41, 5.74) is 5.01. The van der Waals surface area contributed by atoms with Crippen LogP contribution in [0.25, 0.3) is 0 Å². The quantitative estimate of drug-likeness (QED) is 0.528. The van der Waals surface area contributed by atoms with E-state index in [1.165, 1.54) is 0 Å². The van der Waals surface area contributed by atoms with E-state index in [1.54, 1.807) is 24.3 Å². The Morgan fingerprint density at radius 1 is 0.656 bits per heavy atom. The maximum atomic E-state index is 12.4. The summed E-state index contributed by atoms with van der Waals surface area (Å²) in [4.78, 5) is 24.9. The number of carbonyl (C=O) groups excluding carboxylic acids is 2. The van der Waals surface area contributed by atoms with Crippen LogP contribution in [0.5, 0.6) is 11.5 Å². The van der Waals surface area contributed by atoms with Crippen LogP contribution in [0.15, 0.2) is 60.7 Å². The summed E-state index contributed by atoms with van der Waals surface area (Å²) in [6.07, 6.45) is 0. The molecule has 2 N–H and O–H groups in total. The first-order valence-electron chi connectivity index (χ1n) is 10.4. The molecule has 3 aromatic rings. The molecule has 0 saturated heterocycles. The monoisotopic (exact) mass is 432 g/mol. The molecule has 0 aromatic heterocycles. The SMILES string of the molecule is Cc1ccc(C)c(OCC(=O)Nc2ccccc2NC(=O)COc2cc(C)ccc2C)c1. The number of nitrogens with one attached hydrogen (secondary N) is 2. The van der Waals surface area contributed by atoms with Gasteiger partial charge in [-0.15, -0.1) is 0 Å². The van der Waals surface area contributed by atoms with Crippen LogP contribution in [0.2, 0.25) is 0 Å². The van der Waals surface area contributed by atoms with Crippen LogP contribution < -0.4 is 20.1 Å². The van der Waals surface area contributed by atoms with Crippen molar-refractivity contribution < 1.29 is 19.1 Å². The lowest BCUT2D eigenvalue weighted by Crippen LogP contribution is -2.24. The summed E-state index contributed by atoms with van der Waals surface area (Å²) in [5.74, 6) is 0.703. The molecule has 0 unspecified atom stereocenters. The third-order valence-corrected chi connectivity index (χ3v) is 4.88. The van der Waals surface area contributed by atoms with Gasteiger partial charge in [0.25, 0.3) is 11.8 Å². The van der Waals surface area contributed by atoms with Gasteiger partial charge >= 0.3 is 0 Å². The Balaban J connectivity index is 1.57. The minimum absolute atomic E-state index is 0.137. The Morgan fingerprint density at radius 2 is 1.06 bits per heavy atom. The molecule has 6 heteroatoms. The predicted octanol–water partition coefficient (Wildman–Crippen LogP) is 4.96. The molecule has 0 aliphatic rings. The van der Waals surface area contributed by atoms with E-state index in [9.17, 15) is 9.59 Å². The number of aryl methyl sites for hydroxylation is 4. The van der Waals surface area contributed by atoms with E-state index in [0.717, 1.165) is 22.3 Å². The van der Waals surface area contributed by atoms with E-state index in [2.05, 4.69) is 10.6 Å². The highest BCUT2D eigenvalue weighted by Crippen LogP contribution is 2.23. The maximum absolute atomic E-state index is 12.4. The summed E-state index contributed by atoms with van der Waals surface area (Å²) in [5, 5.41) is 5.58. The molecule has 6 nitrogen and oxygen atoms in total. The van der Waals surface area contributed by atoms with Crippen molar-refractivity contribution in [2.75, 3.05) is 23.8 Å². The summed E-state index contributed by atoms with van der Waals surface area (Å²) >= 11 is 0. The Bertz CT molecular complexity index is 1040. The van der Waals surface area contributed by atoms with Crippen molar-refractivity contribution in [3.63, 3.8) is 0 Å². The molecular formula is C26H28N2O4. The van der Waals surface area contributed by atoms with Gasteiger partial charge in [0.05, 0.1) is 11.4 Å². The van der Waals surface area contributed by atoms with Gasteiger partial charge in [-0.1, -0.05) is 36.4 Å². The average molecular weight is 433 g/mol. The Morgan fingerprint density at radius 3 is 1.47 bits per heavy atom. The molecule has 0 spiro atoms. The number of amides is 2. The second kappa shape index (κ2) is 10.5. The number of para-hydroxylation sites is 2. The van der Waals surface area contributed by atoms with Gasteiger partial charge in [-0.25, -0.2) is 0 Å². The van der Waals surface area contributed by atoms with Crippen molar-refractivity contribution >= 4 is 23.2 Å². The van der Waals surface area contributed by atoms with Crippen LogP contribution in [0.3, 0.4) is 0 Å². The number of carbonyl (C=O) groups is 2. The largest absolute Gasteiger partial charge is 0.483 e. The molecule has 0 fully saturated rings. The first-order chi connectivity index (χ1) is 15.3. The average Bonchev–Trinajstić information content (AvgIpc) is 2.76. The normalized spacial score (nSPS) is 10.4. The van der Waals surface area contributed by atoms with Gasteiger partial charge < -0.3 is 20.1 Å². The van der Waals surface area contributed by atoms with Crippen molar-refractivity contribution in [1.29, 1.82) is 0 Å². The molecule has 0 heterocycles. The van der Waals surface area contributed by atoms with Crippen molar-refractivity contribution in [2.24, 2.45) is 0 Å². The number of hydrogen-bond donors (Lipinski definition) is 2. The fourth-order valence-electron chi connectivity index (χ4n) is 3.09. The van der Waals surface area contributed by atoms with Gasteiger partial charge in [-0.3, -0.25) is 9.59 Å². The fraction of sp³-hybridized carbons (Fsp3) is 0.231. The Labute approximate surface area is 188 Å². The van der Waals surface area contributed by atoms with Gasteiger partial charge in [0.2, 0.25) is 0 Å². The summed E-state index contributed by atoms with van der Waals surface area (Å²) in [6.45, 7) is 7.52. The topological polar surface area (TPSA) is 76.7 Å². The molecule has 3 rings (SSSR count). The van der Waals surface area contributed by atoms with Crippen LogP contribution >= 0.6 is 0 Å². The zero-order chi connectivity index (χ0) is 23.1. The number of anilines is 2. The molecule has 0 atom stereocenters. The van der Waals surface area contributed by atoms with Gasteiger partial charge in [-0.05, 0) is 74.2 Å². The second-order valence-corrected chi connectivity index (χ2v) is 7.76. The standard InChI is InChI=1S/C26H28N2O4/c1-17-9-11-19(3)23(13-17)31-15-25(29)27-21-7-5-6-8-22(21)28-26(30)16-32-24-14-18(2)10-12-20(24)4/h5-14H,15-16H2,1-4H3,(H,27,29)(H,28,30). The Hall–Kier alpha value is -3.80. The second-order valence-electron chi connectivity index (χ2n) is 7.76. The summed E-state index contributed by atoms with van der Waals surface area (Å²) in [7, 11) is 0. The van der Waals surface area contributed by atoms with Crippen molar-refractivity contribution in [1.82, 2.24) is 0 Å². The first-order valence-corrected chi connectivity index (χ1v) is 10.4. The molecular weight excluding hydrogens is 404 g/mol. The molecule has 0 saturated carbocycles. The molecule has 3 aromatic carbocycles. The van der Waals surface area contributed by atoms with Gasteiger partial charge in [0.1, 0.15) is 11.5 Å². The minimum Gasteiger partial charge on any atom is -0.483 e. The molecule has 0 aliphatic carbocycles. The van der Waals surface area contributed by atoms with E-state index in [1.807, 2.05) is 64.1 Å². The van der Waals surface area contributed by atoms with Crippen molar-refractivity contribution in [3.8, 4) is 11.5 Å². The lowest BCUT2D eigenvalue weighted by atomic mass is 10.1. The zero-order valence-electron chi connectivity index (χ0n) is 18.8. The highest BCUT2D eigenvalue weighted by atomic mass is 16.5. The van der Waals surface area contributed by atoms with Gasteiger partial charge in [0.15, 0.2) is 13.2 Å². The van der Waals surface area contributed by atoms with E-state index in [0.29, 0.717) is 22.9 Å². The number of benzene rings is 3. The lowest BCUT2D eigenvalue weighted by Gasteiger charge is -2.14. The molecule has 32 heavy (non-hydrogen) atoms. The number of ether oxygens (including phenoxy) is 2. The molecule has 166 valence electrons. The first kappa shape index (κ1) is 22.9. The lowest BCUT2D eigenvalue weighted by molar-refractivity contribution is -0.119. The van der Waals surface area contributed by atoms with Gasteiger partial charge in [-0.2, -0.15) is 0 Å². The highest BCUT2D eigenvalue weighted by Gasteiger charge is 2.12. The van der Waals surface area contributed by atoms with E-state index in [4.69, 9.17) is 9.47 Å². The van der Waals surface area contributed by atoms with Crippen LogP contribution in [0.1, 0.15) is 22.3 Å². The molecule has 2 amide bonds. The molecule has 0 bridgehead atoms.